The lowest BCUT2D eigenvalue weighted by atomic mass is 10.0. The van der Waals surface area contributed by atoms with Gasteiger partial charge in [0.05, 0.1) is 17.9 Å². The van der Waals surface area contributed by atoms with Crippen LogP contribution in [0.2, 0.25) is 0 Å². The second kappa shape index (κ2) is 8.13. The second-order valence-electron chi connectivity index (χ2n) is 6.39. The first-order valence-electron chi connectivity index (χ1n) is 8.95. The molecule has 0 saturated carbocycles. The van der Waals surface area contributed by atoms with E-state index in [0.29, 0.717) is 12.2 Å². The third-order valence-corrected chi connectivity index (χ3v) is 5.79. The van der Waals surface area contributed by atoms with Crippen molar-refractivity contribution in [3.63, 3.8) is 0 Å². The summed E-state index contributed by atoms with van der Waals surface area (Å²) >= 11 is 5.76. The van der Waals surface area contributed by atoms with Gasteiger partial charge in [-0.25, -0.2) is 0 Å². The van der Waals surface area contributed by atoms with Crippen molar-refractivity contribution in [1.29, 1.82) is 0 Å². The Hall–Kier alpha value is -2.06. The molecule has 1 atom stereocenters. The molecule has 0 aromatic heterocycles. The zero-order valence-electron chi connectivity index (χ0n) is 15.2. The van der Waals surface area contributed by atoms with Crippen LogP contribution in [-0.2, 0) is 0 Å². The normalized spacial score (nSPS) is 15.8. The zero-order chi connectivity index (χ0) is 19.7. The highest BCUT2D eigenvalue weighted by atomic mass is 127. The predicted octanol–water partition coefficient (Wildman–Crippen LogP) is 6.22. The molecule has 0 fully saturated rings. The van der Waals surface area contributed by atoms with Gasteiger partial charge in [-0.15, -0.1) is 0 Å². The number of amides is 1. The maximum absolute atomic E-state index is 13.5. The summed E-state index contributed by atoms with van der Waals surface area (Å²) in [5.74, 6) is 0.696. The summed E-state index contributed by atoms with van der Waals surface area (Å²) in [6, 6.07) is 21.6. The van der Waals surface area contributed by atoms with Gasteiger partial charge in [0.15, 0.2) is 0 Å². The maximum Gasteiger partial charge on any atom is 0.262 e. The first-order chi connectivity index (χ1) is 13.6. The smallest absolute Gasteiger partial charge is 0.262 e. The summed E-state index contributed by atoms with van der Waals surface area (Å²) in [6.45, 7) is 2.52. The number of nitrogens with one attached hydrogen (secondary N) is 1. The highest BCUT2D eigenvalue weighted by molar-refractivity contribution is 14.1. The Balaban J connectivity index is 1.84. The number of fused-ring (bicyclic) bond motifs is 1. The summed E-state index contributed by atoms with van der Waals surface area (Å²) in [6.07, 6.45) is -0.310. The minimum Gasteiger partial charge on any atom is -0.494 e. The molecule has 0 radical (unpaired) electrons. The van der Waals surface area contributed by atoms with Crippen molar-refractivity contribution in [3.05, 3.63) is 85.9 Å². The Morgan fingerprint density at radius 2 is 1.89 bits per heavy atom. The molecule has 1 N–H and O–H groups in total. The molecular weight excluding hydrogens is 531 g/mol. The topological polar surface area (TPSA) is 41.6 Å². The van der Waals surface area contributed by atoms with Gasteiger partial charge in [0.1, 0.15) is 11.9 Å². The van der Waals surface area contributed by atoms with Gasteiger partial charge in [0, 0.05) is 19.8 Å². The molecule has 0 unspecified atom stereocenters. The van der Waals surface area contributed by atoms with Crippen LogP contribution in [0, 0.1) is 3.57 Å². The van der Waals surface area contributed by atoms with Crippen LogP contribution < -0.4 is 15.0 Å². The summed E-state index contributed by atoms with van der Waals surface area (Å²) in [4.78, 5) is 15.3. The van der Waals surface area contributed by atoms with E-state index in [2.05, 4.69) is 56.0 Å². The fourth-order valence-corrected chi connectivity index (χ4v) is 4.03. The standard InChI is InChI=1S/C22H18BrIN2O2/c1-2-28-18-5-3-4-17(13-18)26-21(14-6-9-16(24)10-7-14)25-20-11-8-15(23)12-19(20)22(26)27/h3-13,21,25H,2H2,1H3/t21-/m0/s1. The van der Waals surface area contributed by atoms with Gasteiger partial charge in [0.25, 0.3) is 5.91 Å². The van der Waals surface area contributed by atoms with Crippen LogP contribution in [0.25, 0.3) is 0 Å². The lowest BCUT2D eigenvalue weighted by molar-refractivity contribution is 0.0975. The van der Waals surface area contributed by atoms with E-state index in [9.17, 15) is 4.79 Å². The Kier molecular flexibility index (Phi) is 5.59. The molecule has 6 heteroatoms. The van der Waals surface area contributed by atoms with E-state index in [4.69, 9.17) is 4.74 Å². The molecule has 142 valence electrons. The van der Waals surface area contributed by atoms with Gasteiger partial charge in [-0.1, -0.05) is 34.1 Å². The molecular formula is C22H18BrIN2O2. The van der Waals surface area contributed by atoms with E-state index < -0.39 is 0 Å². The minimum atomic E-state index is -0.310. The van der Waals surface area contributed by atoms with Crippen molar-refractivity contribution in [2.75, 3.05) is 16.8 Å². The number of rotatable bonds is 4. The largest absolute Gasteiger partial charge is 0.494 e. The Morgan fingerprint density at radius 1 is 1.11 bits per heavy atom. The molecule has 1 heterocycles. The maximum atomic E-state index is 13.5. The van der Waals surface area contributed by atoms with Crippen LogP contribution in [-0.4, -0.2) is 12.5 Å². The molecule has 1 amide bonds. The van der Waals surface area contributed by atoms with Crippen molar-refractivity contribution in [2.24, 2.45) is 0 Å². The molecule has 0 aliphatic carbocycles. The number of anilines is 2. The molecule has 4 nitrogen and oxygen atoms in total. The first-order valence-corrected chi connectivity index (χ1v) is 10.8. The summed E-state index contributed by atoms with van der Waals surface area (Å²) < 4.78 is 7.67. The number of benzene rings is 3. The van der Waals surface area contributed by atoms with E-state index in [0.717, 1.165) is 30.7 Å². The van der Waals surface area contributed by atoms with Gasteiger partial charge in [-0.2, -0.15) is 0 Å². The summed E-state index contributed by atoms with van der Waals surface area (Å²) in [7, 11) is 0. The molecule has 1 aliphatic heterocycles. The first kappa shape index (κ1) is 19.3. The van der Waals surface area contributed by atoms with Crippen LogP contribution in [0.1, 0.15) is 29.0 Å². The fraction of sp³-hybridized carbons (Fsp3) is 0.136. The van der Waals surface area contributed by atoms with Crippen LogP contribution in [0.5, 0.6) is 5.75 Å². The molecule has 0 bridgehead atoms. The average molecular weight is 549 g/mol. The van der Waals surface area contributed by atoms with Gasteiger partial charge in [-0.05, 0) is 77.5 Å². The Morgan fingerprint density at radius 3 is 2.64 bits per heavy atom. The van der Waals surface area contributed by atoms with Gasteiger partial charge in [0.2, 0.25) is 0 Å². The van der Waals surface area contributed by atoms with Crippen molar-refractivity contribution in [2.45, 2.75) is 13.1 Å². The number of nitrogens with zero attached hydrogens (tertiary/aromatic N) is 1. The lowest BCUT2D eigenvalue weighted by Gasteiger charge is -2.38. The molecule has 3 aromatic rings. The predicted molar refractivity (Wildman–Crippen MR) is 124 cm³/mol. The van der Waals surface area contributed by atoms with Gasteiger partial charge >= 0.3 is 0 Å². The minimum absolute atomic E-state index is 0.0488. The van der Waals surface area contributed by atoms with E-state index in [1.165, 1.54) is 0 Å². The zero-order valence-corrected chi connectivity index (χ0v) is 18.9. The number of hydrogen-bond acceptors (Lipinski definition) is 3. The molecule has 0 saturated heterocycles. The van der Waals surface area contributed by atoms with Crippen molar-refractivity contribution in [3.8, 4) is 5.75 Å². The van der Waals surface area contributed by atoms with Gasteiger partial charge < -0.3 is 10.1 Å². The Bertz CT molecular complexity index is 1020. The molecule has 0 spiro atoms. The van der Waals surface area contributed by atoms with Crippen molar-refractivity contribution >= 4 is 55.8 Å². The number of hydrogen-bond donors (Lipinski definition) is 1. The third kappa shape index (κ3) is 3.75. The number of ether oxygens (including phenoxy) is 1. The van der Waals surface area contributed by atoms with E-state index in [1.54, 1.807) is 4.90 Å². The van der Waals surface area contributed by atoms with E-state index in [-0.39, 0.29) is 12.1 Å². The van der Waals surface area contributed by atoms with E-state index >= 15 is 0 Å². The van der Waals surface area contributed by atoms with E-state index in [1.807, 2.05) is 61.5 Å². The van der Waals surface area contributed by atoms with Crippen LogP contribution in [0.4, 0.5) is 11.4 Å². The Labute approximate surface area is 186 Å². The molecule has 4 rings (SSSR count). The molecule has 3 aromatic carbocycles. The quantitative estimate of drug-likeness (QED) is 0.393. The number of carbonyl (C=O) groups excluding carboxylic acids is 1. The summed E-state index contributed by atoms with van der Waals surface area (Å²) in [5, 5.41) is 3.53. The fourth-order valence-electron chi connectivity index (χ4n) is 3.31. The van der Waals surface area contributed by atoms with Crippen molar-refractivity contribution < 1.29 is 9.53 Å². The summed E-state index contributed by atoms with van der Waals surface area (Å²) in [5.41, 5.74) is 3.27. The van der Waals surface area contributed by atoms with Gasteiger partial charge in [-0.3, -0.25) is 9.69 Å². The van der Waals surface area contributed by atoms with Crippen LogP contribution in [0.15, 0.2) is 71.2 Å². The number of halogens is 2. The number of carbonyl (C=O) groups is 1. The van der Waals surface area contributed by atoms with Crippen LogP contribution in [0.3, 0.4) is 0 Å². The SMILES string of the molecule is CCOc1cccc(N2C(=O)c3cc(Br)ccc3N[C@@H]2c2ccc(I)cc2)c1. The van der Waals surface area contributed by atoms with Crippen LogP contribution >= 0.6 is 38.5 Å². The van der Waals surface area contributed by atoms with Crippen molar-refractivity contribution in [1.82, 2.24) is 0 Å². The second-order valence-corrected chi connectivity index (χ2v) is 8.56. The molecule has 28 heavy (non-hydrogen) atoms. The lowest BCUT2D eigenvalue weighted by Crippen LogP contribution is -2.43. The highest BCUT2D eigenvalue weighted by Gasteiger charge is 2.34. The molecule has 1 aliphatic rings. The average Bonchev–Trinajstić information content (AvgIpc) is 2.69. The highest BCUT2D eigenvalue weighted by Crippen LogP contribution is 2.38. The monoisotopic (exact) mass is 548 g/mol. The third-order valence-electron chi connectivity index (χ3n) is 4.57.